The summed E-state index contributed by atoms with van der Waals surface area (Å²) in [6, 6.07) is 81.4. The maximum Gasteiger partial charge on any atom is 0.134 e. The Bertz CT molecular complexity index is 2880. The van der Waals surface area contributed by atoms with Crippen LogP contribution < -0.4 is 9.80 Å². The van der Waals surface area contributed by atoms with Crippen LogP contribution in [0, 0.1) is 0 Å². The molecule has 0 aliphatic heterocycles. The van der Waals surface area contributed by atoms with Gasteiger partial charge in [-0.05, 0) is 137 Å². The molecule has 0 saturated carbocycles. The molecule has 0 atom stereocenters. The average molecular weight is 771 g/mol. The molecule has 0 radical (unpaired) electrons. The van der Waals surface area contributed by atoms with Crippen molar-refractivity contribution in [3.05, 3.63) is 254 Å². The zero-order valence-corrected chi connectivity index (χ0v) is 33.1. The molecule has 0 unspecified atom stereocenters. The Balaban J connectivity index is 0.886. The normalized spacial score (nSPS) is 12.1. The fraction of sp³-hybridized carbons (Fsp3) is 0.0175. The molecule has 3 heteroatoms. The largest absolute Gasteiger partial charge is 0.456 e. The summed E-state index contributed by atoms with van der Waals surface area (Å²) in [6.07, 6.45) is 5.46. The first-order valence-electron chi connectivity index (χ1n) is 20.5. The highest BCUT2D eigenvalue weighted by atomic mass is 16.3. The number of anilines is 6. The number of nitrogens with zero attached hydrogens (tertiary/aromatic N) is 2. The van der Waals surface area contributed by atoms with Crippen LogP contribution >= 0.6 is 0 Å². The van der Waals surface area contributed by atoms with Gasteiger partial charge in [-0.3, -0.25) is 0 Å². The molecule has 286 valence electrons. The zero-order valence-electron chi connectivity index (χ0n) is 33.1. The number of hydrogen-bond donors (Lipinski definition) is 0. The topological polar surface area (TPSA) is 19.6 Å². The van der Waals surface area contributed by atoms with Gasteiger partial charge in [-0.25, -0.2) is 0 Å². The maximum atomic E-state index is 6.26. The van der Waals surface area contributed by atoms with Crippen molar-refractivity contribution in [2.24, 2.45) is 0 Å². The van der Waals surface area contributed by atoms with Gasteiger partial charge < -0.3 is 14.2 Å². The second-order valence-electron chi connectivity index (χ2n) is 15.0. The van der Waals surface area contributed by atoms with Crippen molar-refractivity contribution in [3.63, 3.8) is 0 Å². The molecule has 0 saturated heterocycles. The fourth-order valence-corrected chi connectivity index (χ4v) is 8.08. The van der Waals surface area contributed by atoms with E-state index >= 15 is 0 Å². The van der Waals surface area contributed by atoms with E-state index < -0.39 is 0 Å². The van der Waals surface area contributed by atoms with E-state index in [1.165, 1.54) is 22.3 Å². The lowest BCUT2D eigenvalue weighted by Gasteiger charge is -2.26. The highest BCUT2D eigenvalue weighted by molar-refractivity contribution is 5.88. The van der Waals surface area contributed by atoms with Gasteiger partial charge >= 0.3 is 0 Å². The van der Waals surface area contributed by atoms with E-state index in [0.29, 0.717) is 0 Å². The molecule has 0 bridgehead atoms. The lowest BCUT2D eigenvalue weighted by molar-refractivity contribution is 0.597. The van der Waals surface area contributed by atoms with E-state index in [4.69, 9.17) is 4.42 Å². The van der Waals surface area contributed by atoms with Crippen LogP contribution in [-0.4, -0.2) is 0 Å². The first kappa shape index (κ1) is 36.5. The van der Waals surface area contributed by atoms with E-state index in [1.54, 1.807) is 0 Å². The highest BCUT2D eigenvalue weighted by Gasteiger charge is 2.17. The van der Waals surface area contributed by atoms with Crippen LogP contribution in [0.3, 0.4) is 0 Å². The standard InChI is InChI=1S/C57H42N2O/c1-5-13-42(14-6-1)48-21-22-49(41-48)45-27-35-54(36-28-45)58(50-17-9-3-10-18-50)52-31-23-43(24-32-52)44-25-33-53(34-26-44)59(51-19-11-4-12-20-51)55-37-29-47(30-38-55)57-40-39-56(60-57)46-15-7-2-8-16-46/h1-40H,41H2. The first-order chi connectivity index (χ1) is 29.7. The molecule has 0 fully saturated rings. The summed E-state index contributed by atoms with van der Waals surface area (Å²) >= 11 is 0. The van der Waals surface area contributed by atoms with Gasteiger partial charge in [0.25, 0.3) is 0 Å². The molecular formula is C57H42N2O. The minimum Gasteiger partial charge on any atom is -0.456 e. The third-order valence-corrected chi connectivity index (χ3v) is 11.2. The first-order valence-corrected chi connectivity index (χ1v) is 20.5. The summed E-state index contributed by atoms with van der Waals surface area (Å²) in [6.45, 7) is 0. The Labute approximate surface area is 352 Å². The van der Waals surface area contributed by atoms with E-state index in [1.807, 2.05) is 30.3 Å². The summed E-state index contributed by atoms with van der Waals surface area (Å²) in [5.74, 6) is 1.71. The molecule has 1 aliphatic carbocycles. The van der Waals surface area contributed by atoms with Crippen LogP contribution in [0.4, 0.5) is 34.1 Å². The third-order valence-electron chi connectivity index (χ3n) is 11.2. The van der Waals surface area contributed by atoms with Crippen molar-refractivity contribution in [1.82, 2.24) is 0 Å². The van der Waals surface area contributed by atoms with Crippen LogP contribution in [0.25, 0.3) is 44.9 Å². The smallest absolute Gasteiger partial charge is 0.134 e. The van der Waals surface area contributed by atoms with Gasteiger partial charge in [-0.2, -0.15) is 0 Å². The molecule has 0 amide bonds. The SMILES string of the molecule is C1=C(c2ccccc2)CC(c2ccc(N(c3ccccc3)c3ccc(-c4ccc(N(c5ccccc5)c5ccc(-c6ccc(-c7ccccc7)o6)cc5)cc4)cc3)cc2)=C1. The van der Waals surface area contributed by atoms with Crippen molar-refractivity contribution in [3.8, 4) is 33.8 Å². The molecule has 8 aromatic carbocycles. The number of rotatable bonds is 11. The zero-order chi connectivity index (χ0) is 40.1. The highest BCUT2D eigenvalue weighted by Crippen LogP contribution is 2.40. The third kappa shape index (κ3) is 7.60. The van der Waals surface area contributed by atoms with Crippen molar-refractivity contribution in [2.75, 3.05) is 9.80 Å². The van der Waals surface area contributed by atoms with Crippen LogP contribution in [0.5, 0.6) is 0 Å². The molecule has 0 N–H and O–H groups in total. The molecule has 1 heterocycles. The molecular weight excluding hydrogens is 729 g/mol. The molecule has 9 aromatic rings. The summed E-state index contributed by atoms with van der Waals surface area (Å²) in [4.78, 5) is 4.61. The molecule has 10 rings (SSSR count). The number of para-hydroxylation sites is 2. The van der Waals surface area contributed by atoms with Crippen LogP contribution in [0.1, 0.15) is 17.5 Å². The fourth-order valence-electron chi connectivity index (χ4n) is 8.08. The van der Waals surface area contributed by atoms with Crippen molar-refractivity contribution in [1.29, 1.82) is 0 Å². The Morgan fingerprint density at radius 3 is 0.933 bits per heavy atom. The monoisotopic (exact) mass is 770 g/mol. The molecule has 1 aromatic heterocycles. The lowest BCUT2D eigenvalue weighted by atomic mass is 9.98. The molecule has 1 aliphatic rings. The van der Waals surface area contributed by atoms with E-state index in [0.717, 1.165) is 74.3 Å². The van der Waals surface area contributed by atoms with Gasteiger partial charge in [-0.1, -0.05) is 146 Å². The summed E-state index contributed by atoms with van der Waals surface area (Å²) in [5.41, 5.74) is 16.2. The van der Waals surface area contributed by atoms with Crippen molar-refractivity contribution >= 4 is 45.3 Å². The van der Waals surface area contributed by atoms with Gasteiger partial charge in [0.2, 0.25) is 0 Å². The van der Waals surface area contributed by atoms with Crippen molar-refractivity contribution in [2.45, 2.75) is 6.42 Å². The maximum absolute atomic E-state index is 6.26. The Kier molecular flexibility index (Phi) is 10.0. The second-order valence-corrected chi connectivity index (χ2v) is 15.0. The van der Waals surface area contributed by atoms with E-state index in [-0.39, 0.29) is 0 Å². The Hall–Kier alpha value is -7.88. The van der Waals surface area contributed by atoms with Crippen LogP contribution in [0.2, 0.25) is 0 Å². The predicted molar refractivity (Wildman–Crippen MR) is 251 cm³/mol. The number of furan rings is 1. The van der Waals surface area contributed by atoms with Gasteiger partial charge in [0.15, 0.2) is 0 Å². The lowest BCUT2D eigenvalue weighted by Crippen LogP contribution is -2.10. The van der Waals surface area contributed by atoms with Gasteiger partial charge in [0, 0.05) is 45.3 Å². The molecule has 3 nitrogen and oxygen atoms in total. The summed E-state index contributed by atoms with van der Waals surface area (Å²) in [5, 5.41) is 0. The second kappa shape index (κ2) is 16.5. The number of benzene rings is 8. The van der Waals surface area contributed by atoms with Gasteiger partial charge in [-0.15, -0.1) is 0 Å². The van der Waals surface area contributed by atoms with E-state index in [9.17, 15) is 0 Å². The quantitative estimate of drug-likeness (QED) is 0.131. The summed E-state index contributed by atoms with van der Waals surface area (Å²) < 4.78 is 6.26. The van der Waals surface area contributed by atoms with Crippen molar-refractivity contribution < 1.29 is 4.42 Å². The Morgan fingerprint density at radius 1 is 0.250 bits per heavy atom. The predicted octanol–water partition coefficient (Wildman–Crippen LogP) is 16.1. The number of hydrogen-bond acceptors (Lipinski definition) is 3. The minimum absolute atomic E-state index is 0.847. The average Bonchev–Trinajstić information content (AvgIpc) is 4.04. The minimum atomic E-state index is 0.847. The Morgan fingerprint density at radius 2 is 0.533 bits per heavy atom. The van der Waals surface area contributed by atoms with E-state index in [2.05, 4.69) is 222 Å². The molecule has 0 spiro atoms. The van der Waals surface area contributed by atoms with Gasteiger partial charge in [0.05, 0.1) is 0 Å². The van der Waals surface area contributed by atoms with Crippen LogP contribution in [0.15, 0.2) is 247 Å². The number of allylic oxidation sites excluding steroid dienone is 4. The van der Waals surface area contributed by atoms with Crippen LogP contribution in [-0.2, 0) is 0 Å². The molecule has 60 heavy (non-hydrogen) atoms. The van der Waals surface area contributed by atoms with Gasteiger partial charge in [0.1, 0.15) is 11.5 Å². The summed E-state index contributed by atoms with van der Waals surface area (Å²) in [7, 11) is 0.